The molecule has 0 saturated heterocycles. The van der Waals surface area contributed by atoms with Gasteiger partial charge >= 0.3 is 0 Å². The van der Waals surface area contributed by atoms with Crippen LogP contribution in [0.25, 0.3) is 111 Å². The van der Waals surface area contributed by atoms with E-state index in [1.54, 1.807) is 0 Å². The highest BCUT2D eigenvalue weighted by Crippen LogP contribution is 2.39. The summed E-state index contributed by atoms with van der Waals surface area (Å²) in [6.45, 7) is 4.02. The average molecular weight is 768 g/mol. The number of nitrogens with zero attached hydrogens (tertiary/aromatic N) is 5. The van der Waals surface area contributed by atoms with Gasteiger partial charge in [-0.15, -0.1) is 0 Å². The van der Waals surface area contributed by atoms with E-state index >= 15 is 0 Å². The molecule has 5 heteroatoms. The first kappa shape index (κ1) is 35.3. The zero-order valence-corrected chi connectivity index (χ0v) is 33.1. The number of fused-ring (bicyclic) bond motifs is 5. The minimum absolute atomic E-state index is 0.602. The Hall–Kier alpha value is -7.89. The second kappa shape index (κ2) is 14.5. The van der Waals surface area contributed by atoms with Gasteiger partial charge in [0.25, 0.3) is 0 Å². The fourth-order valence-corrected chi connectivity index (χ4v) is 8.46. The van der Waals surface area contributed by atoms with Crippen LogP contribution in [0.1, 0.15) is 11.4 Å². The Labute approximate surface area is 347 Å². The maximum atomic E-state index is 5.28. The van der Waals surface area contributed by atoms with Crippen molar-refractivity contribution in [3.8, 4) is 67.8 Å². The van der Waals surface area contributed by atoms with Gasteiger partial charge < -0.3 is 0 Å². The van der Waals surface area contributed by atoms with Gasteiger partial charge in [-0.05, 0) is 122 Å². The predicted molar refractivity (Wildman–Crippen MR) is 248 cm³/mol. The summed E-state index contributed by atoms with van der Waals surface area (Å²) in [5, 5.41) is 9.42. The van der Waals surface area contributed by atoms with Gasteiger partial charge in [-0.3, -0.25) is 0 Å². The third-order valence-corrected chi connectivity index (χ3v) is 11.4. The fraction of sp³-hybridized carbons (Fsp3) is 0.0364. The number of hydrogen-bond donors (Lipinski definition) is 0. The Kier molecular flexibility index (Phi) is 8.52. The van der Waals surface area contributed by atoms with Crippen molar-refractivity contribution in [2.45, 2.75) is 13.8 Å². The second-order valence-corrected chi connectivity index (χ2v) is 15.5. The van der Waals surface area contributed by atoms with Gasteiger partial charge in [-0.2, -0.15) is 0 Å². The lowest BCUT2D eigenvalue weighted by Gasteiger charge is -2.15. The van der Waals surface area contributed by atoms with Crippen molar-refractivity contribution >= 4 is 43.1 Å². The standard InChI is InChI=1S/C55H37N5/c1-34-27-35(2)57-52(56-34)39-23-19-38(20-24-39)45-30-46(51-33-42-15-7-8-16-48(42)49-17-9-10-18-50(49)51)32-47(31-45)55-59-53(43-25-21-36-11-3-5-13-40(36)28-43)58-54(60-55)44-26-22-37-12-4-6-14-41(37)29-44/h3-33H,1-2H3. The van der Waals surface area contributed by atoms with E-state index in [9.17, 15) is 0 Å². The summed E-state index contributed by atoms with van der Waals surface area (Å²) in [5.41, 5.74) is 9.96. The van der Waals surface area contributed by atoms with E-state index in [2.05, 4.69) is 182 Å². The van der Waals surface area contributed by atoms with Gasteiger partial charge in [0, 0.05) is 33.6 Å². The van der Waals surface area contributed by atoms with Crippen molar-refractivity contribution in [1.29, 1.82) is 0 Å². The summed E-state index contributed by atoms with van der Waals surface area (Å²) in [6, 6.07) is 66.5. The molecule has 0 saturated carbocycles. The van der Waals surface area contributed by atoms with Crippen molar-refractivity contribution in [1.82, 2.24) is 24.9 Å². The summed E-state index contributed by atoms with van der Waals surface area (Å²) in [6.07, 6.45) is 0. The number of hydrogen-bond acceptors (Lipinski definition) is 5. The van der Waals surface area contributed by atoms with Crippen molar-refractivity contribution in [2.75, 3.05) is 0 Å². The molecule has 0 aliphatic heterocycles. The summed E-state index contributed by atoms with van der Waals surface area (Å²) < 4.78 is 0. The highest BCUT2D eigenvalue weighted by atomic mass is 15.0. The summed E-state index contributed by atoms with van der Waals surface area (Å²) in [5.74, 6) is 2.57. The molecule has 5 nitrogen and oxygen atoms in total. The largest absolute Gasteiger partial charge is 0.233 e. The molecular formula is C55H37N5. The van der Waals surface area contributed by atoms with Crippen LogP contribution in [0, 0.1) is 13.8 Å². The molecule has 0 fully saturated rings. The first-order chi connectivity index (χ1) is 29.5. The SMILES string of the molecule is Cc1cc(C)nc(-c2ccc(-c3cc(-c4nc(-c5ccc6ccccc6c5)nc(-c5ccc6ccccc6c5)n4)cc(-c4cc5ccccc5c5ccccc45)c3)cc2)n1. The zero-order chi connectivity index (χ0) is 40.2. The lowest BCUT2D eigenvalue weighted by atomic mass is 9.90. The maximum absolute atomic E-state index is 5.28. The number of aromatic nitrogens is 5. The fourth-order valence-electron chi connectivity index (χ4n) is 8.46. The van der Waals surface area contributed by atoms with Gasteiger partial charge in [0.1, 0.15) is 0 Å². The van der Waals surface area contributed by atoms with E-state index in [1.165, 1.54) is 32.3 Å². The minimum Gasteiger partial charge on any atom is -0.233 e. The molecule has 0 radical (unpaired) electrons. The van der Waals surface area contributed by atoms with E-state index in [-0.39, 0.29) is 0 Å². The van der Waals surface area contributed by atoms with Crippen LogP contribution in [-0.2, 0) is 0 Å². The van der Waals surface area contributed by atoms with E-state index in [0.717, 1.165) is 72.5 Å². The number of rotatable bonds is 6. The Morgan fingerprint density at radius 3 is 1.30 bits per heavy atom. The number of aryl methyl sites for hydroxylation is 2. The summed E-state index contributed by atoms with van der Waals surface area (Å²) >= 11 is 0. The molecule has 0 spiro atoms. The van der Waals surface area contributed by atoms with Crippen LogP contribution in [0.5, 0.6) is 0 Å². The number of benzene rings is 9. The molecule has 0 atom stereocenters. The normalized spacial score (nSPS) is 11.5. The highest BCUT2D eigenvalue weighted by molar-refractivity contribution is 6.14. The third kappa shape index (κ3) is 6.52. The summed E-state index contributed by atoms with van der Waals surface area (Å²) in [7, 11) is 0. The van der Waals surface area contributed by atoms with E-state index in [4.69, 9.17) is 24.9 Å². The molecule has 2 aromatic heterocycles. The first-order valence-corrected chi connectivity index (χ1v) is 20.2. The van der Waals surface area contributed by atoms with Crippen molar-refractivity contribution < 1.29 is 0 Å². The van der Waals surface area contributed by atoms with Crippen LogP contribution in [0.3, 0.4) is 0 Å². The van der Waals surface area contributed by atoms with Crippen LogP contribution in [0.4, 0.5) is 0 Å². The van der Waals surface area contributed by atoms with E-state index < -0.39 is 0 Å². The van der Waals surface area contributed by atoms with Crippen molar-refractivity contribution in [2.24, 2.45) is 0 Å². The van der Waals surface area contributed by atoms with Crippen molar-refractivity contribution in [3.05, 3.63) is 199 Å². The predicted octanol–water partition coefficient (Wildman–Crippen LogP) is 13.9. The maximum Gasteiger partial charge on any atom is 0.164 e. The van der Waals surface area contributed by atoms with E-state index in [0.29, 0.717) is 17.5 Å². The molecule has 0 amide bonds. The molecule has 60 heavy (non-hydrogen) atoms. The Morgan fingerprint density at radius 2 is 0.683 bits per heavy atom. The van der Waals surface area contributed by atoms with Crippen LogP contribution in [0.2, 0.25) is 0 Å². The second-order valence-electron chi connectivity index (χ2n) is 15.5. The highest BCUT2D eigenvalue weighted by Gasteiger charge is 2.17. The molecule has 11 aromatic rings. The average Bonchev–Trinajstić information content (AvgIpc) is 3.30. The Morgan fingerprint density at radius 1 is 0.250 bits per heavy atom. The van der Waals surface area contributed by atoms with Gasteiger partial charge in [0.15, 0.2) is 23.3 Å². The van der Waals surface area contributed by atoms with Crippen molar-refractivity contribution in [3.63, 3.8) is 0 Å². The molecule has 2 heterocycles. The topological polar surface area (TPSA) is 64.5 Å². The molecule has 0 aliphatic rings. The summed E-state index contributed by atoms with van der Waals surface area (Å²) in [4.78, 5) is 25.2. The molecule has 11 rings (SSSR count). The molecule has 9 aromatic carbocycles. The van der Waals surface area contributed by atoms with Gasteiger partial charge in [0.05, 0.1) is 0 Å². The smallest absolute Gasteiger partial charge is 0.164 e. The quantitative estimate of drug-likeness (QED) is 0.158. The third-order valence-electron chi connectivity index (χ3n) is 11.4. The van der Waals surface area contributed by atoms with Gasteiger partial charge in [-0.25, -0.2) is 24.9 Å². The van der Waals surface area contributed by atoms with Gasteiger partial charge in [0.2, 0.25) is 0 Å². The molecule has 0 unspecified atom stereocenters. The van der Waals surface area contributed by atoms with Gasteiger partial charge in [-0.1, -0.05) is 146 Å². The Balaban J connectivity index is 1.14. The molecule has 0 N–H and O–H groups in total. The molecule has 0 bridgehead atoms. The molecule has 0 aliphatic carbocycles. The lowest BCUT2D eigenvalue weighted by Crippen LogP contribution is -2.01. The first-order valence-electron chi connectivity index (χ1n) is 20.2. The van der Waals surface area contributed by atoms with Crippen LogP contribution in [-0.4, -0.2) is 24.9 Å². The Bertz CT molecular complexity index is 3340. The van der Waals surface area contributed by atoms with Crippen LogP contribution in [0.15, 0.2) is 188 Å². The molecular weight excluding hydrogens is 731 g/mol. The molecule has 282 valence electrons. The lowest BCUT2D eigenvalue weighted by molar-refractivity contribution is 1.06. The minimum atomic E-state index is 0.602. The monoisotopic (exact) mass is 767 g/mol. The van der Waals surface area contributed by atoms with Crippen LogP contribution >= 0.6 is 0 Å². The zero-order valence-electron chi connectivity index (χ0n) is 33.1. The van der Waals surface area contributed by atoms with Crippen LogP contribution < -0.4 is 0 Å². The van der Waals surface area contributed by atoms with E-state index in [1.807, 2.05) is 19.9 Å².